The van der Waals surface area contributed by atoms with Crippen molar-refractivity contribution >= 4 is 22.9 Å². The minimum absolute atomic E-state index is 0.00208. The van der Waals surface area contributed by atoms with E-state index in [1.807, 2.05) is 18.2 Å². The molecule has 2 nitrogen and oxygen atoms in total. The lowest BCUT2D eigenvalue weighted by atomic mass is 9.96. The molecule has 1 aromatic carbocycles. The number of H-pyrrole nitrogens is 1. The lowest BCUT2D eigenvalue weighted by Gasteiger charge is -2.13. The van der Waals surface area contributed by atoms with Gasteiger partial charge < -0.3 is 4.98 Å². The molecule has 0 unspecified atom stereocenters. The van der Waals surface area contributed by atoms with Crippen molar-refractivity contribution < 1.29 is 0 Å². The lowest BCUT2D eigenvalue weighted by molar-refractivity contribution is 0.923. The van der Waals surface area contributed by atoms with E-state index in [9.17, 15) is 4.79 Å². The molecule has 1 aliphatic carbocycles. The quantitative estimate of drug-likeness (QED) is 0.791. The van der Waals surface area contributed by atoms with Crippen molar-refractivity contribution in [2.45, 2.75) is 12.8 Å². The highest BCUT2D eigenvalue weighted by Gasteiger charge is 2.11. The average molecular weight is 223 g/mol. The lowest BCUT2D eigenvalue weighted by Crippen LogP contribution is -2.13. The van der Waals surface area contributed by atoms with Gasteiger partial charge >= 0.3 is 0 Å². The Morgan fingerprint density at radius 2 is 2.18 bits per heavy atom. The van der Waals surface area contributed by atoms with Crippen LogP contribution in [0, 0.1) is 0 Å². The fourth-order valence-corrected chi connectivity index (χ4v) is 2.36. The second kappa shape index (κ2) is 3.74. The number of nitrogens with one attached hydrogen (secondary N) is 1. The topological polar surface area (TPSA) is 32.9 Å². The number of fused-ring (bicyclic) bond motifs is 3. The number of hydrogen-bond acceptors (Lipinski definition) is 1. The molecule has 2 heteroatoms. The van der Waals surface area contributed by atoms with E-state index in [2.05, 4.69) is 23.7 Å². The minimum atomic E-state index is -0.00208. The molecule has 1 N–H and O–H groups in total. The second-order valence-corrected chi connectivity index (χ2v) is 4.30. The van der Waals surface area contributed by atoms with E-state index in [4.69, 9.17) is 0 Å². The summed E-state index contributed by atoms with van der Waals surface area (Å²) in [6.07, 6.45) is 7.93. The van der Waals surface area contributed by atoms with Crippen LogP contribution >= 0.6 is 0 Å². The maximum absolute atomic E-state index is 12.0. The van der Waals surface area contributed by atoms with Gasteiger partial charge in [-0.15, -0.1) is 0 Å². The Bertz CT molecular complexity index is 692. The smallest absolute Gasteiger partial charge is 0.256 e. The Balaban J connectivity index is 2.44. The van der Waals surface area contributed by atoms with E-state index >= 15 is 0 Å². The molecular weight excluding hydrogens is 210 g/mol. The zero-order valence-electron chi connectivity index (χ0n) is 9.49. The summed E-state index contributed by atoms with van der Waals surface area (Å²) in [5, 5.41) is 1.78. The fraction of sp³-hybridized carbons (Fsp3) is 0.133. The van der Waals surface area contributed by atoms with Crippen molar-refractivity contribution in [3.05, 3.63) is 58.0 Å². The third-order valence-electron chi connectivity index (χ3n) is 3.25. The van der Waals surface area contributed by atoms with Crippen LogP contribution in [0.2, 0.25) is 0 Å². The molecule has 1 aromatic heterocycles. The Hall–Kier alpha value is -2.09. The number of hydrogen-bond donors (Lipinski definition) is 1. The van der Waals surface area contributed by atoms with E-state index < -0.39 is 0 Å². The summed E-state index contributed by atoms with van der Waals surface area (Å²) in [6.45, 7) is 3.73. The standard InChI is InChI=1S/C15H13NO/c1-2-10-7-8-11-12-5-3-4-6-14(12)16-15(17)13(11)9-10/h2-3,5,7-9H,1,4,6H2,(H,16,17). The molecule has 17 heavy (non-hydrogen) atoms. The molecule has 0 spiro atoms. The summed E-state index contributed by atoms with van der Waals surface area (Å²) < 4.78 is 0. The fourth-order valence-electron chi connectivity index (χ4n) is 2.36. The third kappa shape index (κ3) is 1.53. The number of pyridine rings is 1. The number of benzene rings is 1. The van der Waals surface area contributed by atoms with Crippen molar-refractivity contribution in [2.24, 2.45) is 0 Å². The first-order valence-corrected chi connectivity index (χ1v) is 5.77. The molecule has 0 saturated carbocycles. The Morgan fingerprint density at radius 1 is 1.29 bits per heavy atom. The molecule has 0 bridgehead atoms. The van der Waals surface area contributed by atoms with Crippen molar-refractivity contribution in [3.8, 4) is 0 Å². The van der Waals surface area contributed by atoms with Gasteiger partial charge in [-0.3, -0.25) is 4.79 Å². The Labute approximate surface area is 99.3 Å². The van der Waals surface area contributed by atoms with E-state index in [-0.39, 0.29) is 5.56 Å². The predicted octanol–water partition coefficient (Wildman–Crippen LogP) is 3.13. The van der Waals surface area contributed by atoms with Gasteiger partial charge in [-0.25, -0.2) is 0 Å². The van der Waals surface area contributed by atoms with Gasteiger partial charge in [0, 0.05) is 16.6 Å². The van der Waals surface area contributed by atoms with Crippen molar-refractivity contribution in [2.75, 3.05) is 0 Å². The van der Waals surface area contributed by atoms with E-state index in [1.54, 1.807) is 6.08 Å². The summed E-state index contributed by atoms with van der Waals surface area (Å²) in [7, 11) is 0. The van der Waals surface area contributed by atoms with Crippen LogP contribution in [0.4, 0.5) is 0 Å². The van der Waals surface area contributed by atoms with E-state index in [1.165, 1.54) is 0 Å². The van der Waals surface area contributed by atoms with Crippen LogP contribution in [-0.2, 0) is 6.42 Å². The average Bonchev–Trinajstić information content (AvgIpc) is 2.38. The summed E-state index contributed by atoms with van der Waals surface area (Å²) in [4.78, 5) is 15.0. The highest BCUT2D eigenvalue weighted by Crippen LogP contribution is 2.24. The SMILES string of the molecule is C=Cc1ccc2c3c([nH]c(=O)c2c1)CCC=C3. The Kier molecular flexibility index (Phi) is 2.22. The van der Waals surface area contributed by atoms with Crippen LogP contribution in [0.1, 0.15) is 23.2 Å². The largest absolute Gasteiger partial charge is 0.325 e. The first-order chi connectivity index (χ1) is 8.29. The highest BCUT2D eigenvalue weighted by molar-refractivity contribution is 5.92. The number of aryl methyl sites for hydroxylation is 1. The zero-order valence-corrected chi connectivity index (χ0v) is 9.49. The van der Waals surface area contributed by atoms with Gasteiger partial charge in [0.1, 0.15) is 0 Å². The third-order valence-corrected chi connectivity index (χ3v) is 3.25. The monoisotopic (exact) mass is 223 g/mol. The van der Waals surface area contributed by atoms with Gasteiger partial charge in [-0.1, -0.05) is 36.9 Å². The summed E-state index contributed by atoms with van der Waals surface area (Å²) >= 11 is 0. The van der Waals surface area contributed by atoms with Gasteiger partial charge in [0.05, 0.1) is 0 Å². The van der Waals surface area contributed by atoms with Crippen LogP contribution in [0.15, 0.2) is 35.6 Å². The van der Waals surface area contributed by atoms with Gasteiger partial charge in [-0.05, 0) is 29.9 Å². The van der Waals surface area contributed by atoms with Crippen LogP contribution in [0.25, 0.3) is 22.9 Å². The first kappa shape index (κ1) is 10.1. The molecule has 0 radical (unpaired) electrons. The Morgan fingerprint density at radius 3 is 3.00 bits per heavy atom. The van der Waals surface area contributed by atoms with Gasteiger partial charge in [0.15, 0.2) is 0 Å². The predicted molar refractivity (Wildman–Crippen MR) is 72.0 cm³/mol. The molecule has 0 amide bonds. The number of allylic oxidation sites excluding steroid dienone is 1. The molecule has 3 rings (SSSR count). The second-order valence-electron chi connectivity index (χ2n) is 4.30. The number of aromatic nitrogens is 1. The van der Waals surface area contributed by atoms with E-state index in [0.29, 0.717) is 0 Å². The van der Waals surface area contributed by atoms with Crippen LogP contribution < -0.4 is 5.56 Å². The first-order valence-electron chi connectivity index (χ1n) is 5.77. The van der Waals surface area contributed by atoms with Gasteiger partial charge in [0.25, 0.3) is 5.56 Å². The molecular formula is C15H13NO. The van der Waals surface area contributed by atoms with Crippen molar-refractivity contribution in [3.63, 3.8) is 0 Å². The minimum Gasteiger partial charge on any atom is -0.325 e. The molecule has 1 heterocycles. The molecule has 0 aliphatic heterocycles. The normalized spacial score (nSPS) is 13.6. The maximum atomic E-state index is 12.0. The van der Waals surface area contributed by atoms with Gasteiger partial charge in [-0.2, -0.15) is 0 Å². The van der Waals surface area contributed by atoms with Crippen molar-refractivity contribution in [1.82, 2.24) is 4.98 Å². The molecule has 0 atom stereocenters. The number of rotatable bonds is 1. The molecule has 84 valence electrons. The van der Waals surface area contributed by atoms with Crippen LogP contribution in [0.3, 0.4) is 0 Å². The molecule has 1 aliphatic rings. The zero-order chi connectivity index (χ0) is 11.8. The molecule has 0 fully saturated rings. The summed E-state index contributed by atoms with van der Waals surface area (Å²) in [6, 6.07) is 5.90. The molecule has 2 aromatic rings. The summed E-state index contributed by atoms with van der Waals surface area (Å²) in [5.74, 6) is 0. The highest BCUT2D eigenvalue weighted by atomic mass is 16.1. The number of aromatic amines is 1. The summed E-state index contributed by atoms with van der Waals surface area (Å²) in [5.41, 5.74) is 3.18. The van der Waals surface area contributed by atoms with Crippen LogP contribution in [-0.4, -0.2) is 4.98 Å². The molecule has 0 saturated heterocycles. The van der Waals surface area contributed by atoms with Gasteiger partial charge in [0.2, 0.25) is 0 Å². The van der Waals surface area contributed by atoms with E-state index in [0.717, 1.165) is 40.4 Å². The van der Waals surface area contributed by atoms with Crippen molar-refractivity contribution in [1.29, 1.82) is 0 Å². The van der Waals surface area contributed by atoms with Crippen LogP contribution in [0.5, 0.6) is 0 Å². The maximum Gasteiger partial charge on any atom is 0.256 e.